The summed E-state index contributed by atoms with van der Waals surface area (Å²) in [5, 5.41) is 10.5. The molecule has 0 radical (unpaired) electrons. The number of hydrogen-bond donors (Lipinski definition) is 1. The molecule has 3 rings (SSSR count). The average molecular weight is 360 g/mol. The fourth-order valence-corrected chi connectivity index (χ4v) is 2.28. The Morgan fingerprint density at radius 1 is 1.27 bits per heavy atom. The van der Waals surface area contributed by atoms with Gasteiger partial charge in [-0.05, 0) is 18.6 Å². The third-order valence-electron chi connectivity index (χ3n) is 3.61. The van der Waals surface area contributed by atoms with Crippen LogP contribution < -0.4 is 5.32 Å². The number of nitrogens with one attached hydrogen (secondary N) is 1. The SMILES string of the molecule is CCc1cn(-c2ccc(NC=C3C(=O)OC(C)(C)OC3=O)c(F)c2)nn1. The second kappa shape index (κ2) is 6.58. The number of carbonyl (C=O) groups is 2. The molecule has 1 N–H and O–H groups in total. The predicted molar refractivity (Wildman–Crippen MR) is 88.7 cm³/mol. The highest BCUT2D eigenvalue weighted by Crippen LogP contribution is 2.23. The average Bonchev–Trinajstić information content (AvgIpc) is 3.03. The maximum atomic E-state index is 14.3. The monoisotopic (exact) mass is 360 g/mol. The highest BCUT2D eigenvalue weighted by atomic mass is 19.1. The molecular formula is C17H17FN4O4. The van der Waals surface area contributed by atoms with Crippen LogP contribution in [-0.4, -0.2) is 32.7 Å². The van der Waals surface area contributed by atoms with Gasteiger partial charge in [0.15, 0.2) is 5.57 Å². The minimum atomic E-state index is -1.33. The number of cyclic esters (lactones) is 2. The first-order valence-corrected chi connectivity index (χ1v) is 7.93. The van der Waals surface area contributed by atoms with Gasteiger partial charge < -0.3 is 14.8 Å². The number of aromatic nitrogens is 3. The highest BCUT2D eigenvalue weighted by Gasteiger charge is 2.38. The number of esters is 2. The summed E-state index contributed by atoms with van der Waals surface area (Å²) >= 11 is 0. The molecule has 0 aliphatic carbocycles. The zero-order chi connectivity index (χ0) is 18.9. The number of aryl methyl sites for hydroxylation is 1. The van der Waals surface area contributed by atoms with Crippen molar-refractivity contribution >= 4 is 17.6 Å². The van der Waals surface area contributed by atoms with Crippen molar-refractivity contribution in [2.45, 2.75) is 33.0 Å². The number of ether oxygens (including phenoxy) is 2. The Kier molecular flexibility index (Phi) is 4.45. The van der Waals surface area contributed by atoms with Crippen LogP contribution in [0.4, 0.5) is 10.1 Å². The van der Waals surface area contributed by atoms with E-state index in [9.17, 15) is 14.0 Å². The van der Waals surface area contributed by atoms with Gasteiger partial charge in [0, 0.05) is 26.1 Å². The highest BCUT2D eigenvalue weighted by molar-refractivity contribution is 6.15. The molecule has 0 spiro atoms. The van der Waals surface area contributed by atoms with Crippen molar-refractivity contribution in [2.24, 2.45) is 0 Å². The van der Waals surface area contributed by atoms with Crippen LogP contribution in [0, 0.1) is 5.82 Å². The Bertz CT molecular complexity index is 882. The van der Waals surface area contributed by atoms with Gasteiger partial charge in [-0.3, -0.25) is 0 Å². The van der Waals surface area contributed by atoms with Crippen LogP contribution in [0.15, 0.2) is 36.2 Å². The van der Waals surface area contributed by atoms with Crippen molar-refractivity contribution in [1.82, 2.24) is 15.0 Å². The molecule has 0 atom stereocenters. The van der Waals surface area contributed by atoms with Crippen molar-refractivity contribution < 1.29 is 23.5 Å². The third-order valence-corrected chi connectivity index (χ3v) is 3.61. The number of anilines is 1. The Morgan fingerprint density at radius 2 is 1.96 bits per heavy atom. The normalized spacial score (nSPS) is 16.1. The lowest BCUT2D eigenvalue weighted by Crippen LogP contribution is -2.42. The summed E-state index contributed by atoms with van der Waals surface area (Å²) in [5.41, 5.74) is 1.000. The molecule has 2 aromatic rings. The van der Waals surface area contributed by atoms with Crippen LogP contribution in [0.1, 0.15) is 26.5 Å². The molecule has 1 fully saturated rings. The van der Waals surface area contributed by atoms with Gasteiger partial charge in [0.25, 0.3) is 5.79 Å². The minimum absolute atomic E-state index is 0.0718. The van der Waals surface area contributed by atoms with E-state index >= 15 is 0 Å². The number of halogens is 1. The quantitative estimate of drug-likeness (QED) is 0.507. The van der Waals surface area contributed by atoms with Crippen LogP contribution >= 0.6 is 0 Å². The lowest BCUT2D eigenvalue weighted by Gasteiger charge is -2.29. The molecule has 0 bridgehead atoms. The Balaban J connectivity index is 1.78. The van der Waals surface area contributed by atoms with Gasteiger partial charge in [-0.15, -0.1) is 5.10 Å². The first-order valence-electron chi connectivity index (χ1n) is 7.93. The summed E-state index contributed by atoms with van der Waals surface area (Å²) < 4.78 is 25.7. The molecule has 8 nitrogen and oxygen atoms in total. The molecule has 0 unspecified atom stereocenters. The third kappa shape index (κ3) is 3.56. The van der Waals surface area contributed by atoms with Crippen molar-refractivity contribution in [3.05, 3.63) is 47.7 Å². The van der Waals surface area contributed by atoms with E-state index in [1.54, 1.807) is 12.3 Å². The van der Waals surface area contributed by atoms with Crippen molar-refractivity contribution in [3.8, 4) is 5.69 Å². The van der Waals surface area contributed by atoms with Gasteiger partial charge in [0.2, 0.25) is 0 Å². The van der Waals surface area contributed by atoms with Gasteiger partial charge in [-0.1, -0.05) is 12.1 Å². The molecule has 0 saturated carbocycles. The molecule has 26 heavy (non-hydrogen) atoms. The maximum Gasteiger partial charge on any atom is 0.350 e. The number of carbonyl (C=O) groups excluding carboxylic acids is 2. The molecule has 1 aromatic carbocycles. The first-order chi connectivity index (χ1) is 12.3. The van der Waals surface area contributed by atoms with E-state index < -0.39 is 23.5 Å². The number of nitrogens with zero attached hydrogens (tertiary/aromatic N) is 3. The van der Waals surface area contributed by atoms with Crippen molar-refractivity contribution in [1.29, 1.82) is 0 Å². The van der Waals surface area contributed by atoms with Crippen LogP contribution in [0.5, 0.6) is 0 Å². The van der Waals surface area contributed by atoms with E-state index in [2.05, 4.69) is 15.6 Å². The zero-order valence-corrected chi connectivity index (χ0v) is 14.4. The number of benzene rings is 1. The topological polar surface area (TPSA) is 95.3 Å². The van der Waals surface area contributed by atoms with Gasteiger partial charge in [0.1, 0.15) is 5.82 Å². The lowest BCUT2D eigenvalue weighted by molar-refractivity contribution is -0.222. The van der Waals surface area contributed by atoms with Crippen molar-refractivity contribution in [3.63, 3.8) is 0 Å². The number of hydrogen-bond acceptors (Lipinski definition) is 7. The lowest BCUT2D eigenvalue weighted by atomic mass is 10.2. The molecule has 1 saturated heterocycles. The Labute approximate surface area is 148 Å². The molecule has 2 heterocycles. The summed E-state index contributed by atoms with van der Waals surface area (Å²) in [7, 11) is 0. The van der Waals surface area contributed by atoms with E-state index in [4.69, 9.17) is 9.47 Å². The van der Waals surface area contributed by atoms with Crippen molar-refractivity contribution in [2.75, 3.05) is 5.32 Å². The fraction of sp³-hybridized carbons (Fsp3) is 0.294. The molecular weight excluding hydrogens is 343 g/mol. The molecule has 1 aliphatic rings. The standard InChI is InChI=1S/C17H17FN4O4/c1-4-10-9-22(21-20-10)11-5-6-14(13(18)7-11)19-8-12-15(23)25-17(2,3)26-16(12)24/h5-9,19H,4H2,1-3H3. The first kappa shape index (κ1) is 17.6. The van der Waals surface area contributed by atoms with Crippen LogP contribution in [0.2, 0.25) is 0 Å². The van der Waals surface area contributed by atoms with E-state index in [1.165, 1.54) is 30.7 Å². The largest absolute Gasteiger partial charge is 0.419 e. The minimum Gasteiger partial charge on any atom is -0.419 e. The summed E-state index contributed by atoms with van der Waals surface area (Å²) in [6, 6.07) is 4.34. The van der Waals surface area contributed by atoms with Crippen LogP contribution in [0.3, 0.4) is 0 Å². The molecule has 1 aromatic heterocycles. The number of rotatable bonds is 4. The van der Waals surface area contributed by atoms with Gasteiger partial charge >= 0.3 is 11.9 Å². The smallest absolute Gasteiger partial charge is 0.350 e. The molecule has 136 valence electrons. The summed E-state index contributed by atoms with van der Waals surface area (Å²) in [5.74, 6) is -3.60. The fourth-order valence-electron chi connectivity index (χ4n) is 2.28. The van der Waals surface area contributed by atoms with E-state index in [0.29, 0.717) is 5.69 Å². The second-order valence-corrected chi connectivity index (χ2v) is 6.05. The van der Waals surface area contributed by atoms with Gasteiger partial charge in [-0.25, -0.2) is 18.7 Å². The maximum absolute atomic E-state index is 14.3. The summed E-state index contributed by atoms with van der Waals surface area (Å²) in [6.07, 6.45) is 3.49. The van der Waals surface area contributed by atoms with E-state index in [1.807, 2.05) is 6.92 Å². The second-order valence-electron chi connectivity index (χ2n) is 6.05. The summed E-state index contributed by atoms with van der Waals surface area (Å²) in [4.78, 5) is 23.7. The van der Waals surface area contributed by atoms with Crippen LogP contribution in [0.25, 0.3) is 5.69 Å². The Morgan fingerprint density at radius 3 is 2.54 bits per heavy atom. The van der Waals surface area contributed by atoms with E-state index in [-0.39, 0.29) is 11.3 Å². The van der Waals surface area contributed by atoms with Crippen LogP contribution in [-0.2, 0) is 25.5 Å². The van der Waals surface area contributed by atoms with Gasteiger partial charge in [-0.2, -0.15) is 0 Å². The van der Waals surface area contributed by atoms with Gasteiger partial charge in [0.05, 0.1) is 23.3 Å². The zero-order valence-electron chi connectivity index (χ0n) is 14.4. The van der Waals surface area contributed by atoms with E-state index in [0.717, 1.165) is 18.3 Å². The predicted octanol–water partition coefficient (Wildman–Crippen LogP) is 2.10. The molecule has 9 heteroatoms. The molecule has 1 aliphatic heterocycles. The summed E-state index contributed by atoms with van der Waals surface area (Å²) in [6.45, 7) is 4.83. The Hall–Kier alpha value is -3.23. The molecule has 0 amide bonds.